The zero-order chi connectivity index (χ0) is 24.1. The summed E-state index contributed by atoms with van der Waals surface area (Å²) < 4.78 is 83.3. The average Bonchev–Trinajstić information content (AvgIpc) is 3.32. The van der Waals surface area contributed by atoms with Crippen LogP contribution in [-0.4, -0.2) is 18.2 Å². The number of aryl methyl sites for hydroxylation is 2. The van der Waals surface area contributed by atoms with Crippen LogP contribution in [0, 0.1) is 19.8 Å². The molecule has 1 saturated carbocycles. The number of rotatable bonds is 5. The maximum Gasteiger partial charge on any atom is 0.425 e. The predicted octanol–water partition coefficient (Wildman–Crippen LogP) is 6.32. The highest BCUT2D eigenvalue weighted by atomic mass is 19.4. The van der Waals surface area contributed by atoms with Crippen molar-refractivity contribution in [2.45, 2.75) is 58.1 Å². The second kappa shape index (κ2) is 8.01. The minimum Gasteiger partial charge on any atom is -0.481 e. The molecule has 0 bridgehead atoms. The normalized spacial score (nSPS) is 21.8. The van der Waals surface area contributed by atoms with Gasteiger partial charge in [-0.1, -0.05) is 25.1 Å². The number of carbonyl (C=O) groups excluding carboxylic acids is 1. The Bertz CT molecular complexity index is 1030. The standard InChI is InChI=1S/C23H23F6NO2/c1-12-5-7-17(9-13(12)2)21(11-14(21)3)30-20(31)16-6-8-19(18(10-16)23(27,28)29)32-15(4)22(24,25)26/h5-10,14-15H,11H2,1-4H3,(H,30,31). The van der Waals surface area contributed by atoms with E-state index < -0.39 is 41.2 Å². The molecule has 1 fully saturated rings. The van der Waals surface area contributed by atoms with Crippen LogP contribution < -0.4 is 10.1 Å². The van der Waals surface area contributed by atoms with Crippen molar-refractivity contribution in [3.05, 3.63) is 64.2 Å². The van der Waals surface area contributed by atoms with Gasteiger partial charge in [0.25, 0.3) is 5.91 Å². The van der Waals surface area contributed by atoms with Crippen LogP contribution in [-0.2, 0) is 11.7 Å². The van der Waals surface area contributed by atoms with Crippen LogP contribution in [0.25, 0.3) is 0 Å². The van der Waals surface area contributed by atoms with Gasteiger partial charge in [-0.15, -0.1) is 0 Å². The van der Waals surface area contributed by atoms with E-state index in [9.17, 15) is 31.1 Å². The number of hydrogen-bond donors (Lipinski definition) is 1. The highest BCUT2D eigenvalue weighted by Crippen LogP contribution is 2.52. The third-order valence-electron chi connectivity index (χ3n) is 5.98. The quantitative estimate of drug-likeness (QED) is 0.532. The van der Waals surface area contributed by atoms with E-state index >= 15 is 0 Å². The molecular weight excluding hydrogens is 436 g/mol. The molecule has 32 heavy (non-hydrogen) atoms. The molecule has 174 valence electrons. The number of benzene rings is 2. The first-order valence-corrected chi connectivity index (χ1v) is 10.00. The van der Waals surface area contributed by atoms with Gasteiger partial charge in [0.15, 0.2) is 6.10 Å². The van der Waals surface area contributed by atoms with Gasteiger partial charge in [-0.2, -0.15) is 26.3 Å². The van der Waals surface area contributed by atoms with Crippen LogP contribution in [0.4, 0.5) is 26.3 Å². The van der Waals surface area contributed by atoms with E-state index in [-0.39, 0.29) is 11.5 Å². The Morgan fingerprint density at radius 1 is 1.06 bits per heavy atom. The molecule has 0 spiro atoms. The van der Waals surface area contributed by atoms with Gasteiger partial charge in [0.1, 0.15) is 5.75 Å². The fourth-order valence-corrected chi connectivity index (χ4v) is 3.62. The van der Waals surface area contributed by atoms with Gasteiger partial charge in [0.05, 0.1) is 11.1 Å². The van der Waals surface area contributed by atoms with E-state index in [1.165, 1.54) is 0 Å². The van der Waals surface area contributed by atoms with E-state index in [1.54, 1.807) is 0 Å². The Hall–Kier alpha value is -2.71. The summed E-state index contributed by atoms with van der Waals surface area (Å²) in [4.78, 5) is 12.8. The molecular formula is C23H23F6NO2. The van der Waals surface area contributed by atoms with Crippen molar-refractivity contribution >= 4 is 5.91 Å². The van der Waals surface area contributed by atoms with Gasteiger partial charge in [-0.05, 0) is 68.0 Å². The van der Waals surface area contributed by atoms with Crippen LogP contribution in [0.2, 0.25) is 0 Å². The molecule has 1 amide bonds. The van der Waals surface area contributed by atoms with Crippen molar-refractivity contribution in [2.24, 2.45) is 5.92 Å². The second-order valence-corrected chi connectivity index (χ2v) is 8.34. The lowest BCUT2D eigenvalue weighted by Crippen LogP contribution is -2.36. The van der Waals surface area contributed by atoms with Crippen molar-refractivity contribution < 1.29 is 35.9 Å². The van der Waals surface area contributed by atoms with Crippen LogP contribution in [0.3, 0.4) is 0 Å². The molecule has 1 aliphatic carbocycles. The molecule has 0 aliphatic heterocycles. The van der Waals surface area contributed by atoms with Gasteiger partial charge in [-0.3, -0.25) is 4.79 Å². The maximum atomic E-state index is 13.5. The zero-order valence-corrected chi connectivity index (χ0v) is 17.9. The highest BCUT2D eigenvalue weighted by Gasteiger charge is 2.53. The first-order valence-electron chi connectivity index (χ1n) is 10.00. The molecule has 0 saturated heterocycles. The van der Waals surface area contributed by atoms with E-state index in [1.807, 2.05) is 39.0 Å². The number of halogens is 6. The van der Waals surface area contributed by atoms with Crippen molar-refractivity contribution in [1.29, 1.82) is 0 Å². The summed E-state index contributed by atoms with van der Waals surface area (Å²) >= 11 is 0. The highest BCUT2D eigenvalue weighted by molar-refractivity contribution is 5.95. The summed E-state index contributed by atoms with van der Waals surface area (Å²) in [5.41, 5.74) is 0.499. The first kappa shape index (κ1) is 23.9. The predicted molar refractivity (Wildman–Crippen MR) is 106 cm³/mol. The van der Waals surface area contributed by atoms with E-state index in [2.05, 4.69) is 10.1 Å². The SMILES string of the molecule is Cc1ccc(C2(NC(=O)c3ccc(OC(C)C(F)(F)F)c(C(F)(F)F)c3)CC2C)cc1C. The third kappa shape index (κ3) is 4.71. The number of ether oxygens (including phenoxy) is 1. The number of hydrogen-bond acceptors (Lipinski definition) is 2. The monoisotopic (exact) mass is 459 g/mol. The largest absolute Gasteiger partial charge is 0.481 e. The van der Waals surface area contributed by atoms with Gasteiger partial charge in [0, 0.05) is 5.56 Å². The Kier molecular flexibility index (Phi) is 5.99. The molecule has 9 heteroatoms. The second-order valence-electron chi connectivity index (χ2n) is 8.34. The lowest BCUT2D eigenvalue weighted by Gasteiger charge is -2.23. The molecule has 0 heterocycles. The van der Waals surface area contributed by atoms with Gasteiger partial charge in [0.2, 0.25) is 0 Å². The molecule has 3 nitrogen and oxygen atoms in total. The van der Waals surface area contributed by atoms with Gasteiger partial charge in [-0.25, -0.2) is 0 Å². The number of alkyl halides is 6. The smallest absolute Gasteiger partial charge is 0.425 e. The fourth-order valence-electron chi connectivity index (χ4n) is 3.62. The van der Waals surface area contributed by atoms with Crippen LogP contribution >= 0.6 is 0 Å². The Morgan fingerprint density at radius 3 is 2.19 bits per heavy atom. The van der Waals surface area contributed by atoms with Crippen molar-refractivity contribution in [3.63, 3.8) is 0 Å². The molecule has 2 aromatic rings. The lowest BCUT2D eigenvalue weighted by molar-refractivity contribution is -0.191. The van der Waals surface area contributed by atoms with Crippen molar-refractivity contribution in [2.75, 3.05) is 0 Å². The van der Waals surface area contributed by atoms with Crippen LogP contribution in [0.15, 0.2) is 36.4 Å². The van der Waals surface area contributed by atoms with E-state index in [0.29, 0.717) is 19.4 Å². The maximum absolute atomic E-state index is 13.5. The molecule has 1 N–H and O–H groups in total. The molecule has 0 aromatic heterocycles. The lowest BCUT2D eigenvalue weighted by atomic mass is 9.97. The Balaban J connectivity index is 1.90. The van der Waals surface area contributed by atoms with Crippen molar-refractivity contribution in [3.8, 4) is 5.75 Å². The van der Waals surface area contributed by atoms with Crippen LogP contribution in [0.5, 0.6) is 5.75 Å². The van der Waals surface area contributed by atoms with Gasteiger partial charge < -0.3 is 10.1 Å². The Labute approximate surface area is 181 Å². The zero-order valence-electron chi connectivity index (χ0n) is 17.9. The molecule has 3 unspecified atom stereocenters. The minimum absolute atomic E-state index is 0.0749. The number of nitrogens with one attached hydrogen (secondary N) is 1. The topological polar surface area (TPSA) is 38.3 Å². The molecule has 2 aromatic carbocycles. The summed E-state index contributed by atoms with van der Waals surface area (Å²) in [5.74, 6) is -1.65. The number of carbonyl (C=O) groups is 1. The van der Waals surface area contributed by atoms with E-state index in [4.69, 9.17) is 0 Å². The molecule has 1 aliphatic rings. The van der Waals surface area contributed by atoms with Gasteiger partial charge >= 0.3 is 12.4 Å². The summed E-state index contributed by atoms with van der Waals surface area (Å²) in [6.07, 6.45) is -11.7. The molecule has 0 radical (unpaired) electrons. The Morgan fingerprint density at radius 2 is 1.69 bits per heavy atom. The van der Waals surface area contributed by atoms with E-state index in [0.717, 1.165) is 28.8 Å². The molecule has 3 atom stereocenters. The van der Waals surface area contributed by atoms with Crippen molar-refractivity contribution in [1.82, 2.24) is 5.32 Å². The summed E-state index contributed by atoms with van der Waals surface area (Å²) in [6.45, 7) is 6.41. The third-order valence-corrected chi connectivity index (χ3v) is 5.98. The first-order chi connectivity index (χ1) is 14.6. The summed E-state index contributed by atoms with van der Waals surface area (Å²) in [6, 6.07) is 8.04. The minimum atomic E-state index is -5.00. The van der Waals surface area contributed by atoms with Crippen LogP contribution in [0.1, 0.15) is 52.9 Å². The molecule has 3 rings (SSSR count). The number of amides is 1. The average molecular weight is 459 g/mol. The summed E-state index contributed by atoms with van der Waals surface area (Å²) in [7, 11) is 0. The fraction of sp³-hybridized carbons (Fsp3) is 0.435. The summed E-state index contributed by atoms with van der Waals surface area (Å²) in [5, 5.41) is 2.83.